The molecule has 0 amide bonds. The van der Waals surface area contributed by atoms with Crippen molar-refractivity contribution in [3.8, 4) is 0 Å². The van der Waals surface area contributed by atoms with Crippen LogP contribution in [-0.4, -0.2) is 37.1 Å². The summed E-state index contributed by atoms with van der Waals surface area (Å²) in [6.07, 6.45) is -0.403. The highest BCUT2D eigenvalue weighted by Crippen LogP contribution is 1.92. The Hall–Kier alpha value is -1.59. The van der Waals surface area contributed by atoms with Crippen LogP contribution >= 0.6 is 0 Å². The molecule has 6 nitrogen and oxygen atoms in total. The largest absolute Gasteiger partial charge is 0.469 e. The first-order chi connectivity index (χ1) is 5.65. The number of esters is 2. The summed E-state index contributed by atoms with van der Waals surface area (Å²) in [6.45, 7) is 0. The van der Waals surface area contributed by atoms with Crippen LogP contribution in [0, 0.1) is 0 Å². The Labute approximate surface area is 68.8 Å². The number of ether oxygens (including phenoxy) is 2. The van der Waals surface area contributed by atoms with Crippen molar-refractivity contribution in [1.29, 1.82) is 0 Å². The van der Waals surface area contributed by atoms with Gasteiger partial charge in [-0.2, -0.15) is 0 Å². The summed E-state index contributed by atoms with van der Waals surface area (Å²) in [5.41, 5.74) is -0.385. The molecular formula is C6H9NO5. The summed E-state index contributed by atoms with van der Waals surface area (Å²) in [6, 6.07) is 0. The summed E-state index contributed by atoms with van der Waals surface area (Å²) in [5, 5.41) is 10.8. The summed E-state index contributed by atoms with van der Waals surface area (Å²) < 4.78 is 8.45. The lowest BCUT2D eigenvalue weighted by molar-refractivity contribution is -0.140. The molecule has 0 atom stereocenters. The quantitative estimate of drug-likeness (QED) is 0.272. The van der Waals surface area contributed by atoms with E-state index in [1.54, 1.807) is 0 Å². The van der Waals surface area contributed by atoms with Gasteiger partial charge in [0.2, 0.25) is 0 Å². The minimum absolute atomic E-state index is 0.385. The molecule has 0 aliphatic rings. The minimum Gasteiger partial charge on any atom is -0.469 e. The molecule has 0 aliphatic heterocycles. The molecule has 1 N–H and O–H groups in total. The first kappa shape index (κ1) is 10.4. The first-order valence-corrected chi connectivity index (χ1v) is 3.01. The van der Waals surface area contributed by atoms with Gasteiger partial charge in [-0.25, -0.2) is 4.79 Å². The number of oxime groups is 1. The molecule has 0 unspecified atom stereocenters. The highest BCUT2D eigenvalue weighted by molar-refractivity contribution is 6.39. The number of hydrogen-bond acceptors (Lipinski definition) is 6. The van der Waals surface area contributed by atoms with Gasteiger partial charge >= 0.3 is 11.9 Å². The second-order valence-electron chi connectivity index (χ2n) is 1.79. The number of rotatable bonds is 3. The van der Waals surface area contributed by atoms with E-state index in [0.717, 1.165) is 14.2 Å². The number of carbonyl (C=O) groups excluding carboxylic acids is 2. The Balaban J connectivity index is 4.20. The van der Waals surface area contributed by atoms with Gasteiger partial charge < -0.3 is 14.7 Å². The van der Waals surface area contributed by atoms with E-state index in [1.165, 1.54) is 0 Å². The third-order valence-corrected chi connectivity index (χ3v) is 1.08. The zero-order valence-electron chi connectivity index (χ0n) is 6.73. The monoisotopic (exact) mass is 175 g/mol. The molecule has 0 aliphatic carbocycles. The van der Waals surface area contributed by atoms with Crippen molar-refractivity contribution in [2.75, 3.05) is 14.2 Å². The molecule has 0 saturated carbocycles. The molecule has 0 spiro atoms. The zero-order chi connectivity index (χ0) is 9.56. The van der Waals surface area contributed by atoms with Crippen molar-refractivity contribution in [3.63, 3.8) is 0 Å². The lowest BCUT2D eigenvalue weighted by Crippen LogP contribution is -2.20. The smallest absolute Gasteiger partial charge is 0.356 e. The van der Waals surface area contributed by atoms with E-state index in [-0.39, 0.29) is 5.71 Å². The maximum atomic E-state index is 10.7. The maximum Gasteiger partial charge on any atom is 0.356 e. The van der Waals surface area contributed by atoms with Crippen molar-refractivity contribution in [1.82, 2.24) is 0 Å². The van der Waals surface area contributed by atoms with Gasteiger partial charge in [0.25, 0.3) is 0 Å². The molecule has 12 heavy (non-hydrogen) atoms. The molecule has 0 aromatic heterocycles. The average Bonchev–Trinajstić information content (AvgIpc) is 2.12. The standard InChI is InChI=1S/C6H9NO5/c1-11-5(8)3-4(7-10)6(9)12-2/h10H,3H2,1-2H3/b7-4-. The Bertz CT molecular complexity index is 210. The van der Waals surface area contributed by atoms with Crippen molar-refractivity contribution >= 4 is 17.7 Å². The van der Waals surface area contributed by atoms with E-state index in [2.05, 4.69) is 14.6 Å². The fourth-order valence-corrected chi connectivity index (χ4v) is 0.475. The van der Waals surface area contributed by atoms with E-state index >= 15 is 0 Å². The van der Waals surface area contributed by atoms with Crippen LogP contribution in [0.5, 0.6) is 0 Å². The van der Waals surface area contributed by atoms with Gasteiger partial charge in [-0.3, -0.25) is 4.79 Å². The van der Waals surface area contributed by atoms with Gasteiger partial charge in [0.05, 0.1) is 20.6 Å². The summed E-state index contributed by atoms with van der Waals surface area (Å²) >= 11 is 0. The number of carbonyl (C=O) groups is 2. The van der Waals surface area contributed by atoms with Crippen LogP contribution in [0.15, 0.2) is 5.16 Å². The molecule has 0 saturated heterocycles. The Kier molecular flexibility index (Phi) is 4.43. The van der Waals surface area contributed by atoms with Crippen LogP contribution in [0.4, 0.5) is 0 Å². The molecule has 0 aromatic carbocycles. The predicted molar refractivity (Wildman–Crippen MR) is 37.9 cm³/mol. The van der Waals surface area contributed by atoms with E-state index in [1.807, 2.05) is 0 Å². The zero-order valence-corrected chi connectivity index (χ0v) is 6.73. The van der Waals surface area contributed by atoms with Crippen LogP contribution in [0.3, 0.4) is 0 Å². The van der Waals surface area contributed by atoms with Crippen LogP contribution in [0.25, 0.3) is 0 Å². The number of methoxy groups -OCH3 is 2. The van der Waals surface area contributed by atoms with Gasteiger partial charge in [-0.05, 0) is 0 Å². The van der Waals surface area contributed by atoms with Crippen LogP contribution < -0.4 is 0 Å². The molecule has 0 rings (SSSR count). The maximum absolute atomic E-state index is 10.7. The highest BCUT2D eigenvalue weighted by atomic mass is 16.5. The molecule has 0 heterocycles. The third kappa shape index (κ3) is 3.00. The lowest BCUT2D eigenvalue weighted by Gasteiger charge is -1.99. The minimum atomic E-state index is -0.858. The highest BCUT2D eigenvalue weighted by Gasteiger charge is 2.16. The second kappa shape index (κ2) is 5.11. The predicted octanol–water partition coefficient (Wildman–Crippen LogP) is -0.447. The second-order valence-corrected chi connectivity index (χ2v) is 1.79. The van der Waals surface area contributed by atoms with Crippen molar-refractivity contribution in [2.24, 2.45) is 5.16 Å². The molecule has 0 bridgehead atoms. The van der Waals surface area contributed by atoms with Gasteiger partial charge in [-0.15, -0.1) is 0 Å². The van der Waals surface area contributed by atoms with Crippen molar-refractivity contribution < 1.29 is 24.3 Å². The van der Waals surface area contributed by atoms with Gasteiger partial charge in [-0.1, -0.05) is 5.16 Å². The van der Waals surface area contributed by atoms with Crippen LogP contribution in [-0.2, 0) is 19.1 Å². The lowest BCUT2D eigenvalue weighted by atomic mass is 10.3. The van der Waals surface area contributed by atoms with Crippen LogP contribution in [0.2, 0.25) is 0 Å². The molecule has 0 radical (unpaired) electrons. The summed E-state index contributed by atoms with van der Waals surface area (Å²) in [4.78, 5) is 21.3. The Morgan fingerprint density at radius 3 is 2.25 bits per heavy atom. The Morgan fingerprint density at radius 1 is 1.33 bits per heavy atom. The van der Waals surface area contributed by atoms with Crippen LogP contribution in [0.1, 0.15) is 6.42 Å². The van der Waals surface area contributed by atoms with E-state index in [9.17, 15) is 9.59 Å². The first-order valence-electron chi connectivity index (χ1n) is 3.01. The van der Waals surface area contributed by atoms with Gasteiger partial charge in [0, 0.05) is 0 Å². The van der Waals surface area contributed by atoms with E-state index < -0.39 is 18.4 Å². The fourth-order valence-electron chi connectivity index (χ4n) is 0.475. The summed E-state index contributed by atoms with van der Waals surface area (Å²) in [7, 11) is 2.28. The normalized spacial score (nSPS) is 10.7. The molecule has 0 fully saturated rings. The SMILES string of the molecule is COC(=O)C/C(=N/O)C(=O)OC. The van der Waals surface area contributed by atoms with Gasteiger partial charge in [0.15, 0.2) is 5.71 Å². The van der Waals surface area contributed by atoms with Gasteiger partial charge in [0.1, 0.15) is 0 Å². The summed E-state index contributed by atoms with van der Waals surface area (Å²) in [5.74, 6) is -1.53. The van der Waals surface area contributed by atoms with Crippen molar-refractivity contribution in [3.05, 3.63) is 0 Å². The van der Waals surface area contributed by atoms with Crippen molar-refractivity contribution in [2.45, 2.75) is 6.42 Å². The molecular weight excluding hydrogens is 166 g/mol. The number of nitrogens with zero attached hydrogens (tertiary/aromatic N) is 1. The van der Waals surface area contributed by atoms with E-state index in [4.69, 9.17) is 5.21 Å². The molecule has 0 aromatic rings. The fraction of sp³-hybridized carbons (Fsp3) is 0.500. The average molecular weight is 175 g/mol. The Morgan fingerprint density at radius 2 is 1.92 bits per heavy atom. The molecule has 6 heteroatoms. The topological polar surface area (TPSA) is 85.2 Å². The number of hydrogen-bond donors (Lipinski definition) is 1. The molecule has 68 valence electrons. The van der Waals surface area contributed by atoms with E-state index in [0.29, 0.717) is 0 Å². The third-order valence-electron chi connectivity index (χ3n) is 1.08.